The van der Waals surface area contributed by atoms with Crippen molar-refractivity contribution in [1.29, 1.82) is 0 Å². The lowest BCUT2D eigenvalue weighted by Crippen LogP contribution is -2.41. The summed E-state index contributed by atoms with van der Waals surface area (Å²) in [5, 5.41) is 3.34. The molecule has 3 aromatic rings. The SMILES string of the molecule is CC[C@H](Nc1ncnc2c1nc(-c1cnc(C)nc1)n2CC)C(=O)N1CCC(C)C1. The lowest BCUT2D eigenvalue weighted by molar-refractivity contribution is -0.131. The summed E-state index contributed by atoms with van der Waals surface area (Å²) in [6.07, 6.45) is 6.78. The number of carbonyl (C=O) groups is 1. The quantitative estimate of drug-likeness (QED) is 0.669. The summed E-state index contributed by atoms with van der Waals surface area (Å²) in [5.41, 5.74) is 2.19. The molecule has 3 aromatic heterocycles. The fourth-order valence-electron chi connectivity index (χ4n) is 3.93. The Hall–Kier alpha value is -3.10. The maximum atomic E-state index is 13.0. The minimum Gasteiger partial charge on any atom is -0.356 e. The Labute approximate surface area is 176 Å². The Bertz CT molecular complexity index is 1050. The molecule has 0 aromatic carbocycles. The molecule has 1 N–H and O–H groups in total. The topological polar surface area (TPSA) is 102 Å². The molecule has 0 aliphatic carbocycles. The van der Waals surface area contributed by atoms with Crippen LogP contribution in [0.5, 0.6) is 0 Å². The summed E-state index contributed by atoms with van der Waals surface area (Å²) in [4.78, 5) is 37.2. The number of aromatic nitrogens is 6. The molecule has 0 bridgehead atoms. The Morgan fingerprint density at radius 2 is 2.00 bits per heavy atom. The van der Waals surface area contributed by atoms with Gasteiger partial charge in [-0.2, -0.15) is 0 Å². The van der Waals surface area contributed by atoms with Crippen molar-refractivity contribution in [3.63, 3.8) is 0 Å². The van der Waals surface area contributed by atoms with Crippen LogP contribution in [0, 0.1) is 12.8 Å². The molecule has 2 atom stereocenters. The van der Waals surface area contributed by atoms with E-state index in [0.717, 1.165) is 36.5 Å². The maximum Gasteiger partial charge on any atom is 0.245 e. The molecule has 158 valence electrons. The molecular formula is C21H28N8O. The average molecular weight is 409 g/mol. The average Bonchev–Trinajstić information content (AvgIpc) is 3.35. The standard InChI is InChI=1S/C21H28N8O/c1-5-16(21(30)28-8-7-13(3)11-28)26-18-17-20(25-12-24-18)29(6-2)19(27-17)15-9-22-14(4)23-10-15/h9-10,12-13,16H,5-8,11H2,1-4H3,(H,24,25,26)/t13?,16-/m0/s1. The Morgan fingerprint density at radius 3 is 2.63 bits per heavy atom. The number of carbonyl (C=O) groups excluding carboxylic acids is 1. The highest BCUT2D eigenvalue weighted by Gasteiger charge is 2.29. The second-order valence-corrected chi connectivity index (χ2v) is 7.88. The highest BCUT2D eigenvalue weighted by atomic mass is 16.2. The van der Waals surface area contributed by atoms with Crippen LogP contribution in [-0.4, -0.2) is 59.4 Å². The normalized spacial score (nSPS) is 17.5. The highest BCUT2D eigenvalue weighted by molar-refractivity contribution is 5.90. The minimum atomic E-state index is -0.341. The van der Waals surface area contributed by atoms with Gasteiger partial charge in [-0.25, -0.2) is 24.9 Å². The van der Waals surface area contributed by atoms with Crippen LogP contribution >= 0.6 is 0 Å². The van der Waals surface area contributed by atoms with E-state index in [1.54, 1.807) is 12.4 Å². The lowest BCUT2D eigenvalue weighted by Gasteiger charge is -2.23. The van der Waals surface area contributed by atoms with Crippen molar-refractivity contribution in [1.82, 2.24) is 34.4 Å². The third-order valence-electron chi connectivity index (χ3n) is 5.64. The zero-order valence-electron chi connectivity index (χ0n) is 18.0. The predicted molar refractivity (Wildman–Crippen MR) is 115 cm³/mol. The number of amides is 1. The van der Waals surface area contributed by atoms with Gasteiger partial charge in [0.05, 0.1) is 5.56 Å². The fourth-order valence-corrected chi connectivity index (χ4v) is 3.93. The summed E-state index contributed by atoms with van der Waals surface area (Å²) in [6.45, 7) is 10.4. The molecule has 30 heavy (non-hydrogen) atoms. The van der Waals surface area contributed by atoms with Gasteiger partial charge in [0, 0.05) is 32.0 Å². The summed E-state index contributed by atoms with van der Waals surface area (Å²) < 4.78 is 2.02. The number of nitrogens with one attached hydrogen (secondary N) is 1. The number of rotatable bonds is 6. The Kier molecular flexibility index (Phi) is 5.61. The van der Waals surface area contributed by atoms with E-state index in [9.17, 15) is 4.79 Å². The molecule has 1 unspecified atom stereocenters. The van der Waals surface area contributed by atoms with E-state index in [0.29, 0.717) is 36.0 Å². The second-order valence-electron chi connectivity index (χ2n) is 7.88. The van der Waals surface area contributed by atoms with Gasteiger partial charge in [0.2, 0.25) is 5.91 Å². The van der Waals surface area contributed by atoms with Gasteiger partial charge >= 0.3 is 0 Å². The highest BCUT2D eigenvalue weighted by Crippen LogP contribution is 2.27. The van der Waals surface area contributed by atoms with E-state index >= 15 is 0 Å². The summed E-state index contributed by atoms with van der Waals surface area (Å²) in [5.74, 6) is 2.70. The number of anilines is 1. The van der Waals surface area contributed by atoms with Crippen LogP contribution in [0.3, 0.4) is 0 Å². The van der Waals surface area contributed by atoms with E-state index in [1.165, 1.54) is 6.33 Å². The Balaban J connectivity index is 1.69. The number of fused-ring (bicyclic) bond motifs is 1. The van der Waals surface area contributed by atoms with Crippen LogP contribution in [0.1, 0.15) is 39.4 Å². The molecule has 9 heteroatoms. The molecule has 9 nitrogen and oxygen atoms in total. The minimum absolute atomic E-state index is 0.121. The summed E-state index contributed by atoms with van der Waals surface area (Å²) in [7, 11) is 0. The predicted octanol–water partition coefficient (Wildman–Crippen LogP) is 2.67. The van der Waals surface area contributed by atoms with E-state index in [2.05, 4.69) is 32.2 Å². The lowest BCUT2D eigenvalue weighted by atomic mass is 10.1. The van der Waals surface area contributed by atoms with Gasteiger partial charge in [-0.05, 0) is 32.6 Å². The molecule has 1 aliphatic heterocycles. The zero-order valence-corrected chi connectivity index (χ0v) is 18.0. The third-order valence-corrected chi connectivity index (χ3v) is 5.64. The van der Waals surface area contributed by atoms with Gasteiger partial charge in [-0.1, -0.05) is 13.8 Å². The van der Waals surface area contributed by atoms with Gasteiger partial charge < -0.3 is 14.8 Å². The number of hydrogen-bond acceptors (Lipinski definition) is 7. The first-order valence-corrected chi connectivity index (χ1v) is 10.6. The molecule has 0 spiro atoms. The van der Waals surface area contributed by atoms with Crippen molar-refractivity contribution in [2.75, 3.05) is 18.4 Å². The number of hydrogen-bond donors (Lipinski definition) is 1. The van der Waals surface area contributed by atoms with Crippen molar-refractivity contribution >= 4 is 22.9 Å². The first-order valence-electron chi connectivity index (χ1n) is 10.6. The molecule has 1 amide bonds. The van der Waals surface area contributed by atoms with Crippen LogP contribution in [-0.2, 0) is 11.3 Å². The smallest absolute Gasteiger partial charge is 0.245 e. The number of aryl methyl sites for hydroxylation is 2. The Morgan fingerprint density at radius 1 is 1.23 bits per heavy atom. The summed E-state index contributed by atoms with van der Waals surface area (Å²) >= 11 is 0. The van der Waals surface area contributed by atoms with E-state index < -0.39 is 0 Å². The van der Waals surface area contributed by atoms with Gasteiger partial charge in [-0.15, -0.1) is 0 Å². The van der Waals surface area contributed by atoms with Crippen LogP contribution < -0.4 is 5.32 Å². The first kappa shape index (κ1) is 20.2. The van der Waals surface area contributed by atoms with Crippen LogP contribution in [0.2, 0.25) is 0 Å². The van der Waals surface area contributed by atoms with Crippen molar-refractivity contribution in [3.05, 3.63) is 24.5 Å². The summed E-state index contributed by atoms with van der Waals surface area (Å²) in [6, 6.07) is -0.341. The maximum absolute atomic E-state index is 13.0. The molecule has 4 heterocycles. The molecule has 1 aliphatic rings. The van der Waals surface area contributed by atoms with E-state index in [4.69, 9.17) is 4.98 Å². The van der Waals surface area contributed by atoms with Gasteiger partial charge in [0.15, 0.2) is 17.0 Å². The largest absolute Gasteiger partial charge is 0.356 e. The monoisotopic (exact) mass is 408 g/mol. The molecule has 4 rings (SSSR count). The van der Waals surface area contributed by atoms with Crippen LogP contribution in [0.4, 0.5) is 5.82 Å². The van der Waals surface area contributed by atoms with Crippen molar-refractivity contribution < 1.29 is 4.79 Å². The van der Waals surface area contributed by atoms with Gasteiger partial charge in [0.1, 0.15) is 24.0 Å². The van der Waals surface area contributed by atoms with Gasteiger partial charge in [0.25, 0.3) is 0 Å². The first-order chi connectivity index (χ1) is 14.5. The number of nitrogens with zero attached hydrogens (tertiary/aromatic N) is 7. The van der Waals surface area contributed by atoms with Crippen molar-refractivity contribution in [2.45, 2.75) is 53.1 Å². The van der Waals surface area contributed by atoms with Crippen molar-refractivity contribution in [3.8, 4) is 11.4 Å². The van der Waals surface area contributed by atoms with Crippen molar-refractivity contribution in [2.24, 2.45) is 5.92 Å². The molecule has 1 saturated heterocycles. The molecule has 0 radical (unpaired) electrons. The number of imidazole rings is 1. The molecule has 1 fully saturated rings. The number of likely N-dealkylation sites (tertiary alicyclic amines) is 1. The second kappa shape index (κ2) is 8.33. The fraction of sp³-hybridized carbons (Fsp3) is 0.524. The molecule has 0 saturated carbocycles. The third kappa shape index (κ3) is 3.71. The molecular weight excluding hydrogens is 380 g/mol. The van der Waals surface area contributed by atoms with Gasteiger partial charge in [-0.3, -0.25) is 4.79 Å². The zero-order chi connectivity index (χ0) is 21.3. The van der Waals surface area contributed by atoms with Crippen LogP contribution in [0.15, 0.2) is 18.7 Å². The van der Waals surface area contributed by atoms with E-state index in [-0.39, 0.29) is 11.9 Å². The van der Waals surface area contributed by atoms with Crippen LogP contribution in [0.25, 0.3) is 22.6 Å². The van der Waals surface area contributed by atoms with E-state index in [1.807, 2.05) is 30.2 Å².